The molecule has 2 rings (SSSR count). The molecule has 98 valence electrons. The standard InChI is InChI=1S/C13H25N3O/c1-2-7-15-8-4-6-12(15)13(17)16-9-3-5-11(14)10-16/h11-12H,2-10,14H2,1H3/t11-,12-/m1/s1. The molecule has 0 aromatic heterocycles. The Balaban J connectivity index is 1.93. The first-order valence-electron chi connectivity index (χ1n) is 7.00. The second kappa shape index (κ2) is 5.83. The fourth-order valence-electron chi connectivity index (χ4n) is 3.08. The third kappa shape index (κ3) is 2.99. The van der Waals surface area contributed by atoms with Crippen LogP contribution in [0.25, 0.3) is 0 Å². The minimum absolute atomic E-state index is 0.139. The van der Waals surface area contributed by atoms with Crippen molar-refractivity contribution in [2.75, 3.05) is 26.2 Å². The average Bonchev–Trinajstić information content (AvgIpc) is 2.77. The highest BCUT2D eigenvalue weighted by molar-refractivity contribution is 5.82. The van der Waals surface area contributed by atoms with E-state index >= 15 is 0 Å². The molecule has 0 aromatic rings. The minimum atomic E-state index is 0.139. The lowest BCUT2D eigenvalue weighted by molar-refractivity contribution is -0.137. The Morgan fingerprint density at radius 2 is 2.06 bits per heavy atom. The van der Waals surface area contributed by atoms with Gasteiger partial charge in [0.05, 0.1) is 6.04 Å². The number of rotatable bonds is 3. The van der Waals surface area contributed by atoms with Crippen LogP contribution in [0.15, 0.2) is 0 Å². The molecule has 2 fully saturated rings. The van der Waals surface area contributed by atoms with Gasteiger partial charge in [-0.25, -0.2) is 0 Å². The Morgan fingerprint density at radius 3 is 2.76 bits per heavy atom. The van der Waals surface area contributed by atoms with Crippen molar-refractivity contribution in [1.82, 2.24) is 9.80 Å². The van der Waals surface area contributed by atoms with Gasteiger partial charge in [0.25, 0.3) is 0 Å². The Bertz CT molecular complexity index is 269. The van der Waals surface area contributed by atoms with E-state index in [-0.39, 0.29) is 12.1 Å². The number of nitrogens with zero attached hydrogens (tertiary/aromatic N) is 2. The van der Waals surface area contributed by atoms with Gasteiger partial charge in [-0.15, -0.1) is 0 Å². The van der Waals surface area contributed by atoms with Crippen molar-refractivity contribution in [3.05, 3.63) is 0 Å². The lowest BCUT2D eigenvalue weighted by Gasteiger charge is -2.34. The summed E-state index contributed by atoms with van der Waals surface area (Å²) in [6, 6.07) is 0.328. The first kappa shape index (κ1) is 12.8. The van der Waals surface area contributed by atoms with Crippen LogP contribution in [0, 0.1) is 0 Å². The maximum atomic E-state index is 12.5. The van der Waals surface area contributed by atoms with Gasteiger partial charge in [0, 0.05) is 19.1 Å². The molecule has 0 aromatic carbocycles. The number of piperidine rings is 1. The van der Waals surface area contributed by atoms with Gasteiger partial charge >= 0.3 is 0 Å². The van der Waals surface area contributed by atoms with E-state index in [0.29, 0.717) is 5.91 Å². The van der Waals surface area contributed by atoms with E-state index in [4.69, 9.17) is 5.73 Å². The van der Waals surface area contributed by atoms with Crippen LogP contribution >= 0.6 is 0 Å². The van der Waals surface area contributed by atoms with Crippen molar-refractivity contribution in [2.45, 2.75) is 51.1 Å². The summed E-state index contributed by atoms with van der Waals surface area (Å²) < 4.78 is 0. The van der Waals surface area contributed by atoms with E-state index in [2.05, 4.69) is 11.8 Å². The number of likely N-dealkylation sites (tertiary alicyclic amines) is 2. The predicted octanol–water partition coefficient (Wildman–Crippen LogP) is 0.811. The first-order valence-corrected chi connectivity index (χ1v) is 7.00. The van der Waals surface area contributed by atoms with Crippen LogP contribution in [-0.2, 0) is 4.79 Å². The number of carbonyl (C=O) groups is 1. The zero-order valence-corrected chi connectivity index (χ0v) is 10.9. The van der Waals surface area contributed by atoms with Gasteiger partial charge < -0.3 is 10.6 Å². The number of hydrogen-bond donors (Lipinski definition) is 1. The van der Waals surface area contributed by atoms with E-state index in [1.54, 1.807) is 0 Å². The largest absolute Gasteiger partial charge is 0.340 e. The molecule has 4 nitrogen and oxygen atoms in total. The fourth-order valence-corrected chi connectivity index (χ4v) is 3.08. The zero-order chi connectivity index (χ0) is 12.3. The van der Waals surface area contributed by atoms with Gasteiger partial charge in [-0.05, 0) is 45.2 Å². The quantitative estimate of drug-likeness (QED) is 0.793. The summed E-state index contributed by atoms with van der Waals surface area (Å²) in [6.45, 7) is 5.98. The van der Waals surface area contributed by atoms with E-state index in [1.807, 2.05) is 4.90 Å². The highest BCUT2D eigenvalue weighted by atomic mass is 16.2. The molecule has 2 N–H and O–H groups in total. The first-order chi connectivity index (χ1) is 8.22. The molecule has 17 heavy (non-hydrogen) atoms. The van der Waals surface area contributed by atoms with Crippen LogP contribution < -0.4 is 5.73 Å². The Kier molecular flexibility index (Phi) is 4.40. The van der Waals surface area contributed by atoms with Gasteiger partial charge in [0.2, 0.25) is 5.91 Å². The summed E-state index contributed by atoms with van der Waals surface area (Å²) in [5.41, 5.74) is 5.95. The van der Waals surface area contributed by atoms with Crippen LogP contribution in [-0.4, -0.2) is 54.0 Å². The second-order valence-corrected chi connectivity index (χ2v) is 5.38. The SMILES string of the molecule is CCCN1CCC[C@@H]1C(=O)N1CCC[C@@H](N)C1. The van der Waals surface area contributed by atoms with Crippen molar-refractivity contribution >= 4 is 5.91 Å². The van der Waals surface area contributed by atoms with E-state index in [0.717, 1.165) is 58.3 Å². The number of carbonyl (C=O) groups excluding carboxylic acids is 1. The molecule has 0 unspecified atom stereocenters. The van der Waals surface area contributed by atoms with Crippen LogP contribution in [0.4, 0.5) is 0 Å². The third-order valence-electron chi connectivity index (χ3n) is 3.93. The van der Waals surface area contributed by atoms with Gasteiger partial charge in [-0.3, -0.25) is 9.69 Å². The Hall–Kier alpha value is -0.610. The predicted molar refractivity (Wildman–Crippen MR) is 68.7 cm³/mol. The summed E-state index contributed by atoms with van der Waals surface area (Å²) in [7, 11) is 0. The van der Waals surface area contributed by atoms with E-state index in [9.17, 15) is 4.79 Å². The fraction of sp³-hybridized carbons (Fsp3) is 0.923. The third-order valence-corrected chi connectivity index (χ3v) is 3.93. The van der Waals surface area contributed by atoms with Crippen molar-refractivity contribution in [3.8, 4) is 0 Å². The normalized spacial score (nSPS) is 30.8. The summed E-state index contributed by atoms with van der Waals surface area (Å²) in [5.74, 6) is 0.325. The maximum Gasteiger partial charge on any atom is 0.239 e. The highest BCUT2D eigenvalue weighted by Crippen LogP contribution is 2.21. The second-order valence-electron chi connectivity index (χ2n) is 5.38. The molecule has 1 amide bonds. The summed E-state index contributed by atoms with van der Waals surface area (Å²) in [6.07, 6.45) is 5.45. The molecule has 2 heterocycles. The molecule has 0 spiro atoms. The van der Waals surface area contributed by atoms with E-state index < -0.39 is 0 Å². The van der Waals surface area contributed by atoms with Crippen molar-refractivity contribution in [1.29, 1.82) is 0 Å². The Labute approximate surface area is 104 Å². The minimum Gasteiger partial charge on any atom is -0.340 e. The van der Waals surface area contributed by atoms with Crippen LogP contribution in [0.5, 0.6) is 0 Å². The van der Waals surface area contributed by atoms with Gasteiger partial charge in [-0.1, -0.05) is 6.92 Å². The maximum absolute atomic E-state index is 12.5. The van der Waals surface area contributed by atoms with Crippen LogP contribution in [0.1, 0.15) is 39.0 Å². The molecule has 2 saturated heterocycles. The Morgan fingerprint density at radius 1 is 1.29 bits per heavy atom. The zero-order valence-electron chi connectivity index (χ0n) is 10.9. The van der Waals surface area contributed by atoms with Gasteiger partial charge in [0.1, 0.15) is 0 Å². The summed E-state index contributed by atoms with van der Waals surface area (Å²) in [4.78, 5) is 16.8. The lowest BCUT2D eigenvalue weighted by atomic mass is 10.0. The number of amides is 1. The molecule has 0 aliphatic carbocycles. The van der Waals surface area contributed by atoms with Gasteiger partial charge in [-0.2, -0.15) is 0 Å². The van der Waals surface area contributed by atoms with Crippen molar-refractivity contribution in [3.63, 3.8) is 0 Å². The number of hydrogen-bond acceptors (Lipinski definition) is 3. The molecule has 4 heteroatoms. The average molecular weight is 239 g/mol. The lowest BCUT2D eigenvalue weighted by Crippen LogP contribution is -2.52. The van der Waals surface area contributed by atoms with Crippen molar-refractivity contribution < 1.29 is 4.79 Å². The molecular weight excluding hydrogens is 214 g/mol. The monoisotopic (exact) mass is 239 g/mol. The molecule has 2 aliphatic rings. The van der Waals surface area contributed by atoms with Crippen molar-refractivity contribution in [2.24, 2.45) is 5.73 Å². The van der Waals surface area contributed by atoms with Crippen LogP contribution in [0.2, 0.25) is 0 Å². The molecule has 2 atom stereocenters. The smallest absolute Gasteiger partial charge is 0.239 e. The van der Waals surface area contributed by atoms with E-state index in [1.165, 1.54) is 0 Å². The molecule has 0 saturated carbocycles. The summed E-state index contributed by atoms with van der Waals surface area (Å²) in [5, 5.41) is 0. The highest BCUT2D eigenvalue weighted by Gasteiger charge is 2.34. The molecular formula is C13H25N3O. The molecule has 0 bridgehead atoms. The summed E-state index contributed by atoms with van der Waals surface area (Å²) >= 11 is 0. The van der Waals surface area contributed by atoms with Gasteiger partial charge in [0.15, 0.2) is 0 Å². The topological polar surface area (TPSA) is 49.6 Å². The number of nitrogens with two attached hydrogens (primary N) is 1. The molecule has 0 radical (unpaired) electrons. The van der Waals surface area contributed by atoms with Crippen LogP contribution in [0.3, 0.4) is 0 Å². The molecule has 2 aliphatic heterocycles.